The lowest BCUT2D eigenvalue weighted by molar-refractivity contribution is -0.299. The number of hydrogen-bond acceptors (Lipinski definition) is 21. The van der Waals surface area contributed by atoms with Crippen LogP contribution in [-0.4, -0.2) is 167 Å². The molecule has 6 aliphatic rings. The molecule has 4 heterocycles. The fourth-order valence-electron chi connectivity index (χ4n) is 10.6. The van der Waals surface area contributed by atoms with Crippen molar-refractivity contribution in [2.45, 2.75) is 379 Å². The number of aliphatic hydroxyl groups is 2. The molecule has 12 unspecified atom stereocenters. The minimum absolute atomic E-state index is 0.0476. The van der Waals surface area contributed by atoms with Gasteiger partial charge in [0, 0.05) is 18.3 Å². The second kappa shape index (κ2) is 38.9. The summed E-state index contributed by atoms with van der Waals surface area (Å²) in [6, 6.07) is 0. The Morgan fingerprint density at radius 1 is 0.455 bits per heavy atom. The van der Waals surface area contributed by atoms with E-state index in [0.717, 1.165) is 26.2 Å². The van der Waals surface area contributed by atoms with Gasteiger partial charge in [-0.1, -0.05) is 61.3 Å². The molecule has 6 fully saturated rings. The van der Waals surface area contributed by atoms with Crippen LogP contribution in [-0.2, 0) is 90.5 Å². The summed E-state index contributed by atoms with van der Waals surface area (Å²) >= 11 is 0. The van der Waals surface area contributed by atoms with Crippen LogP contribution in [0.1, 0.15) is 277 Å². The minimum atomic E-state index is -5.10. The Kier molecular flexibility index (Phi) is 36.3. The number of cyclic esters (lactones) is 1. The Balaban J connectivity index is 0.000000675. The molecular formula is C77H126F12O21. The second-order valence-electron chi connectivity index (χ2n) is 34.6. The van der Waals surface area contributed by atoms with Gasteiger partial charge in [0.25, 0.3) is 0 Å². The molecule has 110 heavy (non-hydrogen) atoms. The molecule has 21 nitrogen and oxygen atoms in total. The van der Waals surface area contributed by atoms with Crippen molar-refractivity contribution in [3.8, 4) is 0 Å². The van der Waals surface area contributed by atoms with E-state index in [1.54, 1.807) is 104 Å². The highest BCUT2D eigenvalue weighted by Crippen LogP contribution is 2.51. The van der Waals surface area contributed by atoms with E-state index >= 15 is 0 Å². The molecule has 0 radical (unpaired) electrons. The highest BCUT2D eigenvalue weighted by molar-refractivity contribution is 5.85. The molecule has 2 saturated carbocycles. The lowest BCUT2D eigenvalue weighted by Gasteiger charge is -2.46. The van der Waals surface area contributed by atoms with Crippen molar-refractivity contribution in [3.63, 3.8) is 0 Å². The van der Waals surface area contributed by atoms with Gasteiger partial charge < -0.3 is 62.3 Å². The first-order valence-electron chi connectivity index (χ1n) is 37.7. The molecule has 0 bridgehead atoms. The average Bonchev–Trinajstić information content (AvgIpc) is 1.46. The topological polar surface area (TPSA) is 279 Å². The molecule has 2 aliphatic carbocycles. The van der Waals surface area contributed by atoms with E-state index in [1.807, 2.05) is 34.6 Å². The first-order chi connectivity index (χ1) is 49.3. The Hall–Kier alpha value is -5.28. The molecule has 0 spiro atoms. The summed E-state index contributed by atoms with van der Waals surface area (Å²) in [5, 5.41) is 20.0. The molecular weight excluding hydrogens is 1490 g/mol. The summed E-state index contributed by atoms with van der Waals surface area (Å²) in [4.78, 5) is 93.7. The van der Waals surface area contributed by atoms with Crippen LogP contribution < -0.4 is 0 Å². The number of fused-ring (bicyclic) bond motifs is 3. The SMILES string of the molecule is CCC(C)(C)C(=O)OC(C)(C)C1CCC(C)CC1.CCC(C)(C)C(=O)OC(C)C(F)(F)F.CCC(C)(C)C(=O)OC(C)C(F)(F)F.CCC(C)(C)C(=O)OC1C(=O)OC2C3OC(C)(C)OC3OC12.CCC(C)(C)C(=O)OC1CC(C(C)(O)C(F)(F)F)CC(C(C)(O)C(F)(F)F)C1.CCC(C)(C)C(=O)OC1CCOC1=O. The van der Waals surface area contributed by atoms with Gasteiger partial charge in [0.15, 0.2) is 47.7 Å². The molecule has 12 atom stereocenters. The smallest absolute Gasteiger partial charge is 0.425 e. The third kappa shape index (κ3) is 28.9. The molecule has 2 N–H and O–H groups in total. The molecule has 33 heteroatoms. The Morgan fingerprint density at radius 3 is 1.15 bits per heavy atom. The summed E-state index contributed by atoms with van der Waals surface area (Å²) in [5.74, 6) is -7.01. The average molecular weight is 1620 g/mol. The van der Waals surface area contributed by atoms with Crippen LogP contribution in [0.4, 0.5) is 52.7 Å². The van der Waals surface area contributed by atoms with Crippen LogP contribution in [0.3, 0.4) is 0 Å². The molecule has 0 aromatic carbocycles. The van der Waals surface area contributed by atoms with Gasteiger partial charge in [-0.2, -0.15) is 52.7 Å². The molecule has 6 rings (SSSR count). The summed E-state index contributed by atoms with van der Waals surface area (Å²) in [6.07, 6.45) is -21.6. The van der Waals surface area contributed by atoms with E-state index in [9.17, 15) is 101 Å². The zero-order chi connectivity index (χ0) is 86.5. The third-order valence-corrected chi connectivity index (χ3v) is 22.3. The molecule has 0 aromatic rings. The zero-order valence-electron chi connectivity index (χ0n) is 69.3. The van der Waals surface area contributed by atoms with Gasteiger partial charge in [0.1, 0.15) is 17.8 Å². The maximum absolute atomic E-state index is 13.3. The van der Waals surface area contributed by atoms with E-state index in [-0.39, 0.29) is 23.0 Å². The Labute approximate surface area is 641 Å². The fourth-order valence-corrected chi connectivity index (χ4v) is 10.6. The van der Waals surface area contributed by atoms with Crippen molar-refractivity contribution in [1.82, 2.24) is 0 Å². The van der Waals surface area contributed by atoms with Gasteiger partial charge in [0.05, 0.1) is 39.1 Å². The highest BCUT2D eigenvalue weighted by atomic mass is 19.4. The standard InChI is InChI=1S/C18H28F6O4.C16H30O2.C15H22O7.C10H16O4.2C9H15F3O2/c1-6-14(2,3)13(25)28-12-8-10(15(4,26)17(19,20)21)7-11(9-12)16(5,27)18(22,23)24;1-7-15(3,4)14(17)18-16(5,6)13-10-8-12(2)9-11-13;1-6-14(2,3)13(17)20-9-7-8(18-11(9)16)10-12(19-7)22-15(4,5)21-10;1-4-10(2,3)9(12)14-7-5-6-13-8(7)11;2*1-5-8(3,4)7(13)14-6(2)9(10,11)12/h10-12,26-27H,6-9H2,1-5H3;12-13H,7-11H2,1-6H3;7-10,12H,6H2,1-5H3;7H,4-6H2,1-3H3;2*6H,5H2,1-4H3. The summed E-state index contributed by atoms with van der Waals surface area (Å²) < 4.78 is 209. The number of esters is 8. The van der Waals surface area contributed by atoms with Crippen molar-refractivity contribution in [3.05, 3.63) is 0 Å². The van der Waals surface area contributed by atoms with Gasteiger partial charge in [-0.05, 0) is 221 Å². The van der Waals surface area contributed by atoms with E-state index in [0.29, 0.717) is 64.9 Å². The largest absolute Gasteiger partial charge is 0.463 e. The minimum Gasteiger partial charge on any atom is -0.463 e. The quantitative estimate of drug-likeness (QED) is 0.0613. The van der Waals surface area contributed by atoms with Crippen molar-refractivity contribution in [1.29, 1.82) is 0 Å². The number of hydrogen-bond donors (Lipinski definition) is 2. The van der Waals surface area contributed by atoms with Crippen LogP contribution in [0.2, 0.25) is 0 Å². The molecule has 0 aromatic heterocycles. The number of carbonyl (C=O) groups is 8. The summed E-state index contributed by atoms with van der Waals surface area (Å²) in [6.45, 7) is 44.3. The Bertz CT molecular complexity index is 2930. The number of halogens is 12. The maximum atomic E-state index is 13.3. The van der Waals surface area contributed by atoms with E-state index in [1.165, 1.54) is 25.7 Å². The van der Waals surface area contributed by atoms with Crippen molar-refractivity contribution in [2.75, 3.05) is 6.61 Å². The number of rotatable bonds is 21. The lowest BCUT2D eigenvalue weighted by atomic mass is 9.67. The summed E-state index contributed by atoms with van der Waals surface area (Å²) in [7, 11) is 0. The molecule has 0 amide bonds. The van der Waals surface area contributed by atoms with Gasteiger partial charge in [-0.15, -0.1) is 0 Å². The van der Waals surface area contributed by atoms with E-state index in [2.05, 4.69) is 30.2 Å². The van der Waals surface area contributed by atoms with Crippen molar-refractivity contribution < 1.29 is 153 Å². The monoisotopic (exact) mass is 1610 g/mol. The maximum Gasteiger partial charge on any atom is 0.425 e. The van der Waals surface area contributed by atoms with Crippen LogP contribution in [0.25, 0.3) is 0 Å². The van der Waals surface area contributed by atoms with Gasteiger partial charge in [0.2, 0.25) is 12.2 Å². The predicted molar refractivity (Wildman–Crippen MR) is 377 cm³/mol. The second-order valence-corrected chi connectivity index (χ2v) is 34.6. The number of alkyl halides is 12. The zero-order valence-corrected chi connectivity index (χ0v) is 69.3. The van der Waals surface area contributed by atoms with Crippen LogP contribution >= 0.6 is 0 Å². The number of ether oxygens (including phenoxy) is 11. The third-order valence-electron chi connectivity index (χ3n) is 22.3. The van der Waals surface area contributed by atoms with E-state index < -0.39 is 191 Å². The Morgan fingerprint density at radius 2 is 0.809 bits per heavy atom. The molecule has 4 saturated heterocycles. The van der Waals surface area contributed by atoms with Crippen molar-refractivity contribution >= 4 is 47.8 Å². The van der Waals surface area contributed by atoms with E-state index in [4.69, 9.17) is 42.6 Å². The van der Waals surface area contributed by atoms with Crippen molar-refractivity contribution in [2.24, 2.45) is 56.2 Å². The highest BCUT2D eigenvalue weighted by Gasteiger charge is 2.66. The summed E-state index contributed by atoms with van der Waals surface area (Å²) in [5.41, 5.74) is -11.1. The first-order valence-corrected chi connectivity index (χ1v) is 37.7. The van der Waals surface area contributed by atoms with Gasteiger partial charge >= 0.3 is 72.5 Å². The van der Waals surface area contributed by atoms with Gasteiger partial charge in [-0.25, -0.2) is 9.59 Å². The lowest BCUT2D eigenvalue weighted by Crippen LogP contribution is -2.57. The first kappa shape index (κ1) is 103. The molecule has 4 aliphatic heterocycles. The van der Waals surface area contributed by atoms with Crippen LogP contribution in [0.5, 0.6) is 0 Å². The predicted octanol–water partition coefficient (Wildman–Crippen LogP) is 17.2. The fraction of sp³-hybridized carbons (Fsp3) is 0.896. The molecule has 644 valence electrons. The number of carbonyl (C=O) groups excluding carboxylic acids is 8. The van der Waals surface area contributed by atoms with Gasteiger partial charge in [-0.3, -0.25) is 28.8 Å². The normalized spacial score (nSPS) is 26.1. The van der Waals surface area contributed by atoms with Crippen LogP contribution in [0, 0.1) is 56.2 Å². The van der Waals surface area contributed by atoms with Crippen LogP contribution in [0.15, 0.2) is 0 Å².